The van der Waals surface area contributed by atoms with Crippen LogP contribution in [0.25, 0.3) is 0 Å². The molecule has 3 nitrogen and oxygen atoms in total. The fourth-order valence-electron chi connectivity index (χ4n) is 3.00. The van der Waals surface area contributed by atoms with Crippen molar-refractivity contribution in [3.8, 4) is 0 Å². The van der Waals surface area contributed by atoms with Crippen LogP contribution in [0.3, 0.4) is 0 Å². The lowest BCUT2D eigenvalue weighted by Gasteiger charge is -2.35. The number of ether oxygens (including phenoxy) is 1. The predicted molar refractivity (Wildman–Crippen MR) is 80.3 cm³/mol. The number of aliphatic hydroxyl groups excluding tert-OH is 1. The lowest BCUT2D eigenvalue weighted by atomic mass is 9.78. The average molecular weight is 271 g/mol. The maximum absolute atomic E-state index is 9.93. The maximum atomic E-state index is 9.93. The summed E-state index contributed by atoms with van der Waals surface area (Å²) in [6, 6.07) is 0.577. The Morgan fingerprint density at radius 3 is 2.42 bits per heavy atom. The largest absolute Gasteiger partial charge is 0.389 e. The van der Waals surface area contributed by atoms with Crippen LogP contribution in [-0.2, 0) is 4.74 Å². The molecule has 0 radical (unpaired) electrons. The van der Waals surface area contributed by atoms with E-state index in [9.17, 15) is 5.11 Å². The van der Waals surface area contributed by atoms with Crippen LogP contribution < -0.4 is 5.32 Å². The molecule has 1 aliphatic rings. The molecule has 0 amide bonds. The zero-order chi connectivity index (χ0) is 14.3. The molecule has 3 unspecified atom stereocenters. The van der Waals surface area contributed by atoms with E-state index < -0.39 is 0 Å². The minimum Gasteiger partial charge on any atom is -0.389 e. The Hall–Kier alpha value is -0.120. The minimum atomic E-state index is -0.381. The van der Waals surface area contributed by atoms with E-state index in [0.29, 0.717) is 25.1 Å². The van der Waals surface area contributed by atoms with Gasteiger partial charge in [-0.05, 0) is 30.6 Å². The fourth-order valence-corrected chi connectivity index (χ4v) is 3.00. The first-order valence-corrected chi connectivity index (χ1v) is 8.00. The molecule has 0 bridgehead atoms. The summed E-state index contributed by atoms with van der Waals surface area (Å²) >= 11 is 0. The van der Waals surface area contributed by atoms with Crippen molar-refractivity contribution in [1.82, 2.24) is 5.32 Å². The third-order valence-electron chi connectivity index (χ3n) is 4.05. The van der Waals surface area contributed by atoms with E-state index in [4.69, 9.17) is 4.74 Å². The van der Waals surface area contributed by atoms with Crippen LogP contribution in [0.1, 0.15) is 53.4 Å². The number of hydrogen-bond donors (Lipinski definition) is 2. The number of nitrogens with one attached hydrogen (secondary N) is 1. The van der Waals surface area contributed by atoms with Gasteiger partial charge in [0.25, 0.3) is 0 Å². The average Bonchev–Trinajstić information content (AvgIpc) is 2.36. The molecule has 0 aromatic heterocycles. The molecule has 1 saturated carbocycles. The van der Waals surface area contributed by atoms with Gasteiger partial charge in [0.1, 0.15) is 0 Å². The lowest BCUT2D eigenvalue weighted by Crippen LogP contribution is -2.44. The van der Waals surface area contributed by atoms with E-state index in [2.05, 4.69) is 33.0 Å². The highest BCUT2D eigenvalue weighted by molar-refractivity contribution is 4.83. The molecule has 0 saturated heterocycles. The lowest BCUT2D eigenvalue weighted by molar-refractivity contribution is 0.0225. The van der Waals surface area contributed by atoms with Gasteiger partial charge in [-0.2, -0.15) is 0 Å². The van der Waals surface area contributed by atoms with Gasteiger partial charge in [0.15, 0.2) is 0 Å². The first-order chi connectivity index (χ1) is 9.00. The fraction of sp³-hybridized carbons (Fsp3) is 1.00. The minimum absolute atomic E-state index is 0.381. The van der Waals surface area contributed by atoms with Gasteiger partial charge in [0.05, 0.1) is 12.7 Å². The van der Waals surface area contributed by atoms with Gasteiger partial charge < -0.3 is 15.2 Å². The van der Waals surface area contributed by atoms with Gasteiger partial charge in [-0.1, -0.05) is 40.5 Å². The molecule has 1 rings (SSSR count). The molecule has 19 heavy (non-hydrogen) atoms. The third-order valence-corrected chi connectivity index (χ3v) is 4.05. The van der Waals surface area contributed by atoms with Crippen LogP contribution in [-0.4, -0.2) is 37.0 Å². The molecular formula is C16H33NO2. The van der Waals surface area contributed by atoms with E-state index in [-0.39, 0.29) is 6.10 Å². The normalized spacial score (nSPS) is 26.1. The molecule has 0 spiro atoms. The van der Waals surface area contributed by atoms with E-state index in [1.54, 1.807) is 0 Å². The molecule has 1 aliphatic carbocycles. The molecule has 1 fully saturated rings. The van der Waals surface area contributed by atoms with Crippen molar-refractivity contribution >= 4 is 0 Å². The Balaban J connectivity index is 2.22. The van der Waals surface area contributed by atoms with E-state index in [1.807, 2.05) is 0 Å². The van der Waals surface area contributed by atoms with Crippen molar-refractivity contribution in [3.05, 3.63) is 0 Å². The Morgan fingerprint density at radius 2 is 1.79 bits per heavy atom. The Bertz CT molecular complexity index is 231. The summed E-state index contributed by atoms with van der Waals surface area (Å²) in [5.41, 5.74) is 0. The van der Waals surface area contributed by atoms with Crippen LogP contribution in [0.5, 0.6) is 0 Å². The highest BCUT2D eigenvalue weighted by atomic mass is 16.5. The summed E-state index contributed by atoms with van der Waals surface area (Å²) in [7, 11) is 0. The first kappa shape index (κ1) is 16.9. The van der Waals surface area contributed by atoms with E-state index in [0.717, 1.165) is 18.4 Å². The summed E-state index contributed by atoms with van der Waals surface area (Å²) in [5.74, 6) is 2.02. The molecule has 0 aromatic rings. The Morgan fingerprint density at radius 1 is 1.11 bits per heavy atom. The van der Waals surface area contributed by atoms with Crippen molar-refractivity contribution in [3.63, 3.8) is 0 Å². The molecule has 2 N–H and O–H groups in total. The Kier molecular flexibility index (Phi) is 7.96. The summed E-state index contributed by atoms with van der Waals surface area (Å²) in [6.45, 7) is 10.7. The van der Waals surface area contributed by atoms with Gasteiger partial charge in [-0.3, -0.25) is 0 Å². The van der Waals surface area contributed by atoms with Gasteiger partial charge >= 0.3 is 0 Å². The standard InChI is InChI=1S/C16H33NO2/c1-12(2)10-19-11-14(18)9-17-16-8-6-5-7-15(16)13(3)4/h12-18H,5-11H2,1-4H3. The summed E-state index contributed by atoms with van der Waals surface area (Å²) in [4.78, 5) is 0. The van der Waals surface area contributed by atoms with Gasteiger partial charge in [0, 0.05) is 19.2 Å². The zero-order valence-electron chi connectivity index (χ0n) is 13.2. The Labute approximate surface area is 119 Å². The molecule has 3 atom stereocenters. The van der Waals surface area contributed by atoms with Crippen LogP contribution >= 0.6 is 0 Å². The van der Waals surface area contributed by atoms with Crippen LogP contribution in [0.15, 0.2) is 0 Å². The second-order valence-corrected chi connectivity index (χ2v) is 6.79. The van der Waals surface area contributed by atoms with Crippen molar-refractivity contribution in [2.24, 2.45) is 17.8 Å². The van der Waals surface area contributed by atoms with Crippen molar-refractivity contribution < 1.29 is 9.84 Å². The topological polar surface area (TPSA) is 41.5 Å². The number of aliphatic hydroxyl groups is 1. The summed E-state index contributed by atoms with van der Waals surface area (Å²) in [5, 5.41) is 13.5. The van der Waals surface area contributed by atoms with Crippen molar-refractivity contribution in [2.45, 2.75) is 65.5 Å². The molecule has 0 aromatic carbocycles. The highest BCUT2D eigenvalue weighted by Gasteiger charge is 2.27. The SMILES string of the molecule is CC(C)COCC(O)CNC1CCCCC1C(C)C. The van der Waals surface area contributed by atoms with Crippen molar-refractivity contribution in [2.75, 3.05) is 19.8 Å². The molecular weight excluding hydrogens is 238 g/mol. The quantitative estimate of drug-likeness (QED) is 0.713. The third kappa shape index (κ3) is 6.73. The number of hydrogen-bond acceptors (Lipinski definition) is 3. The smallest absolute Gasteiger partial charge is 0.0897 e. The molecule has 114 valence electrons. The summed E-state index contributed by atoms with van der Waals surface area (Å²) in [6.07, 6.45) is 4.88. The molecule has 0 heterocycles. The zero-order valence-corrected chi connectivity index (χ0v) is 13.2. The van der Waals surface area contributed by atoms with Crippen molar-refractivity contribution in [1.29, 1.82) is 0 Å². The monoisotopic (exact) mass is 271 g/mol. The second kappa shape index (κ2) is 8.93. The van der Waals surface area contributed by atoms with E-state index in [1.165, 1.54) is 25.7 Å². The first-order valence-electron chi connectivity index (χ1n) is 8.00. The predicted octanol–water partition coefficient (Wildman–Crippen LogP) is 2.82. The van der Waals surface area contributed by atoms with E-state index >= 15 is 0 Å². The molecule has 3 heteroatoms. The highest BCUT2D eigenvalue weighted by Crippen LogP contribution is 2.30. The number of rotatable bonds is 8. The van der Waals surface area contributed by atoms with Gasteiger partial charge in [0.2, 0.25) is 0 Å². The maximum Gasteiger partial charge on any atom is 0.0897 e. The van der Waals surface area contributed by atoms with Crippen LogP contribution in [0.2, 0.25) is 0 Å². The second-order valence-electron chi connectivity index (χ2n) is 6.79. The van der Waals surface area contributed by atoms with Crippen LogP contribution in [0.4, 0.5) is 0 Å². The van der Waals surface area contributed by atoms with Gasteiger partial charge in [-0.15, -0.1) is 0 Å². The van der Waals surface area contributed by atoms with Crippen LogP contribution in [0, 0.1) is 17.8 Å². The van der Waals surface area contributed by atoms with Gasteiger partial charge in [-0.25, -0.2) is 0 Å². The molecule has 0 aliphatic heterocycles. The summed E-state index contributed by atoms with van der Waals surface area (Å²) < 4.78 is 5.48.